The number of carbonyl (C=O) groups is 1. The van der Waals surface area contributed by atoms with Crippen LogP contribution in [0.5, 0.6) is 0 Å². The van der Waals surface area contributed by atoms with E-state index in [2.05, 4.69) is 42.8 Å². The van der Waals surface area contributed by atoms with Crippen molar-refractivity contribution in [1.82, 2.24) is 4.90 Å². The molecule has 1 atom stereocenters. The van der Waals surface area contributed by atoms with Gasteiger partial charge >= 0.3 is 5.97 Å². The van der Waals surface area contributed by atoms with Gasteiger partial charge in [-0.15, -0.1) is 0 Å². The van der Waals surface area contributed by atoms with Crippen LogP contribution in [0.4, 0.5) is 5.69 Å². The maximum atomic E-state index is 11.1. The van der Waals surface area contributed by atoms with Gasteiger partial charge < -0.3 is 14.9 Å². The zero-order valence-electron chi connectivity index (χ0n) is 11.9. The predicted molar refractivity (Wildman–Crippen MR) is 76.8 cm³/mol. The molecule has 1 N–H and O–H groups in total. The summed E-state index contributed by atoms with van der Waals surface area (Å²) in [4.78, 5) is 15.5. The van der Waals surface area contributed by atoms with Gasteiger partial charge in [-0.2, -0.15) is 0 Å². The SMILES string of the molecule is Cc1cccc(N2CCN(C)CC2CC(=O)O)c1C. The van der Waals surface area contributed by atoms with Crippen molar-refractivity contribution in [2.24, 2.45) is 0 Å². The Balaban J connectivity index is 2.29. The average Bonchev–Trinajstić information content (AvgIpc) is 2.33. The van der Waals surface area contributed by atoms with E-state index in [0.717, 1.165) is 19.6 Å². The van der Waals surface area contributed by atoms with Crippen LogP contribution in [0.3, 0.4) is 0 Å². The molecule has 1 aliphatic rings. The van der Waals surface area contributed by atoms with Gasteiger partial charge in [0.05, 0.1) is 12.5 Å². The number of carboxylic acids is 1. The van der Waals surface area contributed by atoms with Crippen LogP contribution in [0.2, 0.25) is 0 Å². The van der Waals surface area contributed by atoms with E-state index in [4.69, 9.17) is 5.11 Å². The van der Waals surface area contributed by atoms with Crippen molar-refractivity contribution < 1.29 is 9.90 Å². The van der Waals surface area contributed by atoms with E-state index in [9.17, 15) is 4.79 Å². The zero-order chi connectivity index (χ0) is 14.0. The van der Waals surface area contributed by atoms with Gasteiger partial charge in [0.15, 0.2) is 0 Å². The van der Waals surface area contributed by atoms with Crippen molar-refractivity contribution in [1.29, 1.82) is 0 Å². The number of hydrogen-bond donors (Lipinski definition) is 1. The van der Waals surface area contributed by atoms with Crippen molar-refractivity contribution in [2.75, 3.05) is 31.6 Å². The zero-order valence-corrected chi connectivity index (χ0v) is 11.9. The molecule has 0 saturated carbocycles. The minimum atomic E-state index is -0.726. The summed E-state index contributed by atoms with van der Waals surface area (Å²) in [6.45, 7) is 6.88. The molecule has 1 aromatic carbocycles. The van der Waals surface area contributed by atoms with E-state index in [0.29, 0.717) is 0 Å². The highest BCUT2D eigenvalue weighted by molar-refractivity contribution is 5.69. The minimum absolute atomic E-state index is 0.0525. The van der Waals surface area contributed by atoms with E-state index in [1.165, 1.54) is 16.8 Å². The summed E-state index contributed by atoms with van der Waals surface area (Å²) in [5.41, 5.74) is 3.69. The number of aryl methyl sites for hydroxylation is 1. The highest BCUT2D eigenvalue weighted by Crippen LogP contribution is 2.27. The molecule has 1 saturated heterocycles. The van der Waals surface area contributed by atoms with Crippen molar-refractivity contribution in [3.05, 3.63) is 29.3 Å². The number of anilines is 1. The molecule has 0 bridgehead atoms. The van der Waals surface area contributed by atoms with Gasteiger partial charge in [-0.05, 0) is 38.1 Å². The first kappa shape index (κ1) is 13.9. The summed E-state index contributed by atoms with van der Waals surface area (Å²) in [6.07, 6.45) is 0.192. The molecular formula is C15H22N2O2. The molecule has 1 unspecified atom stereocenters. The molecule has 0 spiro atoms. The summed E-state index contributed by atoms with van der Waals surface area (Å²) in [5.74, 6) is -0.726. The molecule has 0 amide bonds. The second-order valence-electron chi connectivity index (χ2n) is 5.43. The van der Waals surface area contributed by atoms with Gasteiger partial charge in [0, 0.05) is 25.3 Å². The normalized spacial score (nSPS) is 20.6. The number of benzene rings is 1. The number of hydrogen-bond acceptors (Lipinski definition) is 3. The fourth-order valence-corrected chi connectivity index (χ4v) is 2.75. The van der Waals surface area contributed by atoms with Crippen molar-refractivity contribution in [3.8, 4) is 0 Å². The molecule has 19 heavy (non-hydrogen) atoms. The van der Waals surface area contributed by atoms with E-state index < -0.39 is 5.97 Å². The van der Waals surface area contributed by atoms with Crippen LogP contribution in [-0.2, 0) is 4.79 Å². The summed E-state index contributed by atoms with van der Waals surface area (Å²) in [6, 6.07) is 6.30. The quantitative estimate of drug-likeness (QED) is 0.903. The smallest absolute Gasteiger partial charge is 0.305 e. The molecule has 1 aromatic rings. The van der Waals surface area contributed by atoms with Crippen LogP contribution < -0.4 is 4.90 Å². The first-order valence-corrected chi connectivity index (χ1v) is 6.72. The fourth-order valence-electron chi connectivity index (χ4n) is 2.75. The molecule has 0 aromatic heterocycles. The number of likely N-dealkylation sites (N-methyl/N-ethyl adjacent to an activating group) is 1. The lowest BCUT2D eigenvalue weighted by atomic mass is 10.0. The Kier molecular flexibility index (Phi) is 4.10. The number of rotatable bonds is 3. The summed E-state index contributed by atoms with van der Waals surface area (Å²) >= 11 is 0. The molecule has 1 fully saturated rings. The van der Waals surface area contributed by atoms with E-state index in [1.54, 1.807) is 0 Å². The van der Waals surface area contributed by atoms with Crippen LogP contribution in [0.25, 0.3) is 0 Å². The Bertz CT molecular complexity index is 473. The van der Waals surface area contributed by atoms with Crippen LogP contribution in [0.1, 0.15) is 17.5 Å². The highest BCUT2D eigenvalue weighted by Gasteiger charge is 2.28. The molecule has 4 heteroatoms. The van der Waals surface area contributed by atoms with E-state index in [1.807, 2.05) is 6.07 Å². The maximum Gasteiger partial charge on any atom is 0.305 e. The van der Waals surface area contributed by atoms with Crippen LogP contribution in [0, 0.1) is 13.8 Å². The largest absolute Gasteiger partial charge is 0.481 e. The van der Waals surface area contributed by atoms with Crippen LogP contribution in [0.15, 0.2) is 18.2 Å². The van der Waals surface area contributed by atoms with Gasteiger partial charge in [-0.25, -0.2) is 0 Å². The average molecular weight is 262 g/mol. The third-order valence-corrected chi connectivity index (χ3v) is 3.98. The van der Waals surface area contributed by atoms with Gasteiger partial charge in [-0.3, -0.25) is 4.79 Å². The Morgan fingerprint density at radius 3 is 2.79 bits per heavy atom. The lowest BCUT2D eigenvalue weighted by Gasteiger charge is -2.41. The van der Waals surface area contributed by atoms with Crippen molar-refractivity contribution >= 4 is 11.7 Å². The summed E-state index contributed by atoms with van der Waals surface area (Å²) < 4.78 is 0. The molecule has 0 aliphatic carbocycles. The predicted octanol–water partition coefficient (Wildman–Crippen LogP) is 1.90. The van der Waals surface area contributed by atoms with Crippen LogP contribution >= 0.6 is 0 Å². The van der Waals surface area contributed by atoms with E-state index >= 15 is 0 Å². The summed E-state index contributed by atoms with van der Waals surface area (Å²) in [5, 5.41) is 9.10. The van der Waals surface area contributed by atoms with Gasteiger partial charge in [0.1, 0.15) is 0 Å². The van der Waals surface area contributed by atoms with Crippen molar-refractivity contribution in [2.45, 2.75) is 26.3 Å². The topological polar surface area (TPSA) is 43.8 Å². The van der Waals surface area contributed by atoms with E-state index in [-0.39, 0.29) is 12.5 Å². The lowest BCUT2D eigenvalue weighted by molar-refractivity contribution is -0.137. The fraction of sp³-hybridized carbons (Fsp3) is 0.533. The molecule has 1 heterocycles. The second-order valence-corrected chi connectivity index (χ2v) is 5.43. The molecule has 104 valence electrons. The molecule has 4 nitrogen and oxygen atoms in total. The third-order valence-electron chi connectivity index (χ3n) is 3.98. The minimum Gasteiger partial charge on any atom is -0.481 e. The number of aliphatic carboxylic acids is 1. The van der Waals surface area contributed by atoms with Gasteiger partial charge in [0.25, 0.3) is 0 Å². The number of carboxylic acid groups (broad SMARTS) is 1. The van der Waals surface area contributed by atoms with Crippen LogP contribution in [-0.4, -0.2) is 48.7 Å². The highest BCUT2D eigenvalue weighted by atomic mass is 16.4. The first-order chi connectivity index (χ1) is 8.99. The Labute approximate surface area is 114 Å². The number of piperazine rings is 1. The van der Waals surface area contributed by atoms with Gasteiger partial charge in [0.2, 0.25) is 0 Å². The Hall–Kier alpha value is -1.55. The Morgan fingerprint density at radius 1 is 1.37 bits per heavy atom. The Morgan fingerprint density at radius 2 is 2.11 bits per heavy atom. The monoisotopic (exact) mass is 262 g/mol. The molecule has 2 rings (SSSR count). The lowest BCUT2D eigenvalue weighted by Crippen LogP contribution is -2.53. The maximum absolute atomic E-state index is 11.1. The third kappa shape index (κ3) is 3.07. The summed E-state index contributed by atoms with van der Waals surface area (Å²) in [7, 11) is 2.05. The molecule has 0 radical (unpaired) electrons. The standard InChI is InChI=1S/C15H22N2O2/c1-11-5-4-6-14(12(11)2)17-8-7-16(3)10-13(17)9-15(18)19/h4-6,13H,7-10H2,1-3H3,(H,18,19). The van der Waals surface area contributed by atoms with Gasteiger partial charge in [-0.1, -0.05) is 12.1 Å². The van der Waals surface area contributed by atoms with Crippen molar-refractivity contribution in [3.63, 3.8) is 0 Å². The number of nitrogens with zero attached hydrogens (tertiary/aromatic N) is 2. The second kappa shape index (κ2) is 5.61. The first-order valence-electron chi connectivity index (χ1n) is 6.72. The molecular weight excluding hydrogens is 240 g/mol. The molecule has 1 aliphatic heterocycles.